The Morgan fingerprint density at radius 3 is 2.07 bits per heavy atom. The Bertz CT molecular complexity index is 306. The molecule has 0 unspecified atom stereocenters. The van der Waals surface area contributed by atoms with Gasteiger partial charge in [0.25, 0.3) is 0 Å². The van der Waals surface area contributed by atoms with Crippen LogP contribution in [0.4, 0.5) is 0 Å². The Balaban J connectivity index is 0.000000791. The quantitative estimate of drug-likeness (QED) is 0.641. The molecule has 14 heavy (non-hydrogen) atoms. The van der Waals surface area contributed by atoms with Gasteiger partial charge in [-0.15, -0.1) is 0 Å². The SMILES string of the molecule is CC.CC(=O)c1c(C)cc(C)nc1C. The van der Waals surface area contributed by atoms with Gasteiger partial charge in [-0.3, -0.25) is 9.78 Å². The first-order valence-electron chi connectivity index (χ1n) is 4.98. The van der Waals surface area contributed by atoms with E-state index in [2.05, 4.69) is 4.98 Å². The maximum absolute atomic E-state index is 11.2. The molecule has 0 radical (unpaired) electrons. The van der Waals surface area contributed by atoms with Crippen molar-refractivity contribution in [3.8, 4) is 0 Å². The van der Waals surface area contributed by atoms with Crippen LogP contribution in [0.5, 0.6) is 0 Å². The summed E-state index contributed by atoms with van der Waals surface area (Å²) >= 11 is 0. The van der Waals surface area contributed by atoms with Gasteiger partial charge in [-0.05, 0) is 39.3 Å². The minimum Gasteiger partial charge on any atom is -0.294 e. The summed E-state index contributed by atoms with van der Waals surface area (Å²) in [5.74, 6) is 0.0949. The van der Waals surface area contributed by atoms with E-state index in [0.29, 0.717) is 0 Å². The minimum atomic E-state index is 0.0949. The normalized spacial score (nSPS) is 9.00. The summed E-state index contributed by atoms with van der Waals surface area (Å²) in [6.07, 6.45) is 0. The zero-order valence-electron chi connectivity index (χ0n) is 9.93. The molecular weight excluding hydrogens is 174 g/mol. The molecule has 0 spiro atoms. The highest BCUT2D eigenvalue weighted by Gasteiger charge is 2.08. The van der Waals surface area contributed by atoms with Crippen LogP contribution in [0.15, 0.2) is 6.07 Å². The molecule has 0 saturated carbocycles. The molecule has 0 saturated heterocycles. The van der Waals surface area contributed by atoms with Gasteiger partial charge in [0.1, 0.15) is 0 Å². The van der Waals surface area contributed by atoms with Crippen LogP contribution in [-0.2, 0) is 0 Å². The average molecular weight is 193 g/mol. The highest BCUT2D eigenvalue weighted by atomic mass is 16.1. The number of carbonyl (C=O) groups excluding carboxylic acids is 1. The average Bonchev–Trinajstić information content (AvgIpc) is 2.04. The van der Waals surface area contributed by atoms with Crippen molar-refractivity contribution in [2.24, 2.45) is 0 Å². The standard InChI is InChI=1S/C10H13NO.C2H6/c1-6-5-7(2)11-8(3)10(6)9(4)12;1-2/h5H,1-4H3;1-2H3. The number of rotatable bonds is 1. The molecule has 1 aromatic rings. The van der Waals surface area contributed by atoms with E-state index in [1.165, 1.54) is 0 Å². The molecule has 1 aromatic heterocycles. The van der Waals surface area contributed by atoms with Crippen molar-refractivity contribution in [3.05, 3.63) is 28.6 Å². The number of hydrogen-bond donors (Lipinski definition) is 0. The molecule has 0 N–H and O–H groups in total. The summed E-state index contributed by atoms with van der Waals surface area (Å²) in [6, 6.07) is 1.93. The van der Waals surface area contributed by atoms with Crippen LogP contribution in [0, 0.1) is 20.8 Å². The van der Waals surface area contributed by atoms with Crippen LogP contribution in [0.2, 0.25) is 0 Å². The molecule has 0 aliphatic rings. The van der Waals surface area contributed by atoms with E-state index in [1.54, 1.807) is 6.92 Å². The monoisotopic (exact) mass is 193 g/mol. The number of aromatic nitrogens is 1. The van der Waals surface area contributed by atoms with Gasteiger partial charge < -0.3 is 0 Å². The maximum atomic E-state index is 11.2. The van der Waals surface area contributed by atoms with E-state index in [0.717, 1.165) is 22.5 Å². The molecule has 0 atom stereocenters. The lowest BCUT2D eigenvalue weighted by Crippen LogP contribution is -2.03. The molecule has 78 valence electrons. The van der Waals surface area contributed by atoms with Gasteiger partial charge in [-0.2, -0.15) is 0 Å². The molecule has 1 rings (SSSR count). The second-order valence-corrected chi connectivity index (χ2v) is 3.10. The third kappa shape index (κ3) is 2.95. The molecule has 0 aromatic carbocycles. The van der Waals surface area contributed by atoms with Crippen LogP contribution in [0.25, 0.3) is 0 Å². The lowest BCUT2D eigenvalue weighted by Gasteiger charge is -2.06. The first kappa shape index (κ1) is 12.8. The molecule has 0 fully saturated rings. The van der Waals surface area contributed by atoms with Crippen molar-refractivity contribution < 1.29 is 4.79 Å². The van der Waals surface area contributed by atoms with Crippen molar-refractivity contribution in [2.75, 3.05) is 0 Å². The summed E-state index contributed by atoms with van der Waals surface area (Å²) in [4.78, 5) is 15.4. The lowest BCUT2D eigenvalue weighted by molar-refractivity contribution is 0.101. The van der Waals surface area contributed by atoms with Crippen LogP contribution >= 0.6 is 0 Å². The van der Waals surface area contributed by atoms with E-state index in [9.17, 15) is 4.79 Å². The van der Waals surface area contributed by atoms with Crippen molar-refractivity contribution in [1.82, 2.24) is 4.98 Å². The number of pyridine rings is 1. The third-order valence-corrected chi connectivity index (χ3v) is 1.88. The van der Waals surface area contributed by atoms with E-state index in [1.807, 2.05) is 40.7 Å². The molecule has 1 heterocycles. The maximum Gasteiger partial charge on any atom is 0.161 e. The van der Waals surface area contributed by atoms with Gasteiger partial charge in [0.15, 0.2) is 5.78 Å². The van der Waals surface area contributed by atoms with Gasteiger partial charge in [0.2, 0.25) is 0 Å². The molecule has 0 amide bonds. The largest absolute Gasteiger partial charge is 0.294 e. The number of Topliss-reactive ketones (excluding diaryl/α,β-unsaturated/α-hetero) is 1. The summed E-state index contributed by atoms with van der Waals surface area (Å²) in [6.45, 7) is 11.3. The van der Waals surface area contributed by atoms with Gasteiger partial charge >= 0.3 is 0 Å². The molecule has 2 heteroatoms. The Kier molecular flexibility index (Phi) is 5.06. The summed E-state index contributed by atoms with van der Waals surface area (Å²) in [5.41, 5.74) is 3.59. The van der Waals surface area contributed by atoms with Crippen LogP contribution in [0.3, 0.4) is 0 Å². The third-order valence-electron chi connectivity index (χ3n) is 1.88. The Morgan fingerprint density at radius 1 is 1.21 bits per heavy atom. The highest BCUT2D eigenvalue weighted by Crippen LogP contribution is 2.13. The van der Waals surface area contributed by atoms with E-state index >= 15 is 0 Å². The van der Waals surface area contributed by atoms with Gasteiger partial charge in [0, 0.05) is 17.0 Å². The van der Waals surface area contributed by atoms with E-state index in [-0.39, 0.29) is 5.78 Å². The Morgan fingerprint density at radius 2 is 1.71 bits per heavy atom. The first-order valence-corrected chi connectivity index (χ1v) is 4.98. The summed E-state index contributed by atoms with van der Waals surface area (Å²) in [5, 5.41) is 0. The fourth-order valence-corrected chi connectivity index (χ4v) is 1.56. The van der Waals surface area contributed by atoms with Crippen LogP contribution in [-0.4, -0.2) is 10.8 Å². The molecule has 0 aliphatic heterocycles. The second kappa shape index (κ2) is 5.53. The van der Waals surface area contributed by atoms with Gasteiger partial charge in [-0.1, -0.05) is 13.8 Å². The predicted molar refractivity (Wildman–Crippen MR) is 59.8 cm³/mol. The molecule has 2 nitrogen and oxygen atoms in total. The van der Waals surface area contributed by atoms with E-state index < -0.39 is 0 Å². The van der Waals surface area contributed by atoms with Crippen molar-refractivity contribution in [1.29, 1.82) is 0 Å². The predicted octanol–water partition coefficient (Wildman–Crippen LogP) is 3.24. The fraction of sp³-hybridized carbons (Fsp3) is 0.500. The minimum absolute atomic E-state index is 0.0949. The van der Waals surface area contributed by atoms with Crippen molar-refractivity contribution in [3.63, 3.8) is 0 Å². The van der Waals surface area contributed by atoms with Gasteiger partial charge in [0.05, 0.1) is 0 Å². The molecule has 0 aliphatic carbocycles. The van der Waals surface area contributed by atoms with Crippen LogP contribution in [0.1, 0.15) is 48.1 Å². The smallest absolute Gasteiger partial charge is 0.161 e. The Hall–Kier alpha value is -1.18. The molecule has 0 bridgehead atoms. The van der Waals surface area contributed by atoms with Crippen LogP contribution < -0.4 is 0 Å². The van der Waals surface area contributed by atoms with E-state index in [4.69, 9.17) is 0 Å². The first-order chi connectivity index (χ1) is 6.52. The summed E-state index contributed by atoms with van der Waals surface area (Å²) < 4.78 is 0. The van der Waals surface area contributed by atoms with Gasteiger partial charge in [-0.25, -0.2) is 0 Å². The number of carbonyl (C=O) groups is 1. The number of nitrogens with zero attached hydrogens (tertiary/aromatic N) is 1. The number of ketones is 1. The zero-order chi connectivity index (χ0) is 11.3. The number of aryl methyl sites for hydroxylation is 3. The topological polar surface area (TPSA) is 30.0 Å². The second-order valence-electron chi connectivity index (χ2n) is 3.10. The summed E-state index contributed by atoms with van der Waals surface area (Å²) in [7, 11) is 0. The zero-order valence-corrected chi connectivity index (χ0v) is 9.93. The van der Waals surface area contributed by atoms with Crippen molar-refractivity contribution in [2.45, 2.75) is 41.5 Å². The highest BCUT2D eigenvalue weighted by molar-refractivity contribution is 5.96. The van der Waals surface area contributed by atoms with Crippen molar-refractivity contribution >= 4 is 5.78 Å². The fourth-order valence-electron chi connectivity index (χ4n) is 1.56. The number of hydrogen-bond acceptors (Lipinski definition) is 2. The lowest BCUT2D eigenvalue weighted by atomic mass is 10.0. The molecular formula is C12H19NO. The Labute approximate surface area is 86.4 Å².